The van der Waals surface area contributed by atoms with Crippen LogP contribution in [-0.4, -0.2) is 46.1 Å². The van der Waals surface area contributed by atoms with Gasteiger partial charge in [0.15, 0.2) is 0 Å². The third-order valence-corrected chi connectivity index (χ3v) is 4.26. The number of rotatable bonds is 4. The summed E-state index contributed by atoms with van der Waals surface area (Å²) in [4.78, 5) is 22.1. The minimum Gasteiger partial charge on any atom is -0.353 e. The molecule has 2 aromatic rings. The molecule has 6 heteroatoms. The maximum absolute atomic E-state index is 4.44. The second-order valence-corrected chi connectivity index (χ2v) is 6.15. The first kappa shape index (κ1) is 15.6. The molecule has 0 aromatic carbocycles. The number of aryl methyl sites for hydroxylation is 1. The van der Waals surface area contributed by atoms with Gasteiger partial charge in [0, 0.05) is 49.7 Å². The Balaban J connectivity index is 1.67. The van der Waals surface area contributed by atoms with E-state index in [-0.39, 0.29) is 0 Å². The van der Waals surface area contributed by atoms with E-state index in [1.165, 1.54) is 0 Å². The van der Waals surface area contributed by atoms with Gasteiger partial charge in [0.25, 0.3) is 0 Å². The molecular formula is C17H24N6. The fourth-order valence-corrected chi connectivity index (χ4v) is 2.77. The van der Waals surface area contributed by atoms with Crippen LogP contribution >= 0.6 is 0 Å². The number of aromatic nitrogens is 4. The zero-order valence-corrected chi connectivity index (χ0v) is 14.1. The van der Waals surface area contributed by atoms with E-state index < -0.39 is 0 Å². The number of anilines is 2. The molecule has 1 fully saturated rings. The fraction of sp³-hybridized carbons (Fsp3) is 0.529. The zero-order chi connectivity index (χ0) is 16.2. The van der Waals surface area contributed by atoms with Gasteiger partial charge >= 0.3 is 0 Å². The topological polar surface area (TPSA) is 58.0 Å². The maximum atomic E-state index is 4.44. The van der Waals surface area contributed by atoms with Crippen LogP contribution in [0, 0.1) is 0 Å². The lowest BCUT2D eigenvalue weighted by Crippen LogP contribution is -2.47. The van der Waals surface area contributed by atoms with Crippen molar-refractivity contribution >= 4 is 11.6 Å². The van der Waals surface area contributed by atoms with Crippen molar-refractivity contribution < 1.29 is 0 Å². The van der Waals surface area contributed by atoms with Gasteiger partial charge < -0.3 is 9.80 Å². The predicted molar refractivity (Wildman–Crippen MR) is 92.0 cm³/mol. The summed E-state index contributed by atoms with van der Waals surface area (Å²) in [6.45, 7) is 10.2. The number of piperazine rings is 1. The van der Waals surface area contributed by atoms with E-state index in [4.69, 9.17) is 0 Å². The summed E-state index contributed by atoms with van der Waals surface area (Å²) in [7, 11) is 0. The fourth-order valence-electron chi connectivity index (χ4n) is 2.77. The quantitative estimate of drug-likeness (QED) is 0.863. The van der Waals surface area contributed by atoms with E-state index in [0.717, 1.165) is 55.6 Å². The van der Waals surface area contributed by atoms with Crippen molar-refractivity contribution in [1.82, 2.24) is 19.9 Å². The van der Waals surface area contributed by atoms with Gasteiger partial charge in [-0.15, -0.1) is 0 Å². The maximum Gasteiger partial charge on any atom is 0.132 e. The Kier molecular flexibility index (Phi) is 4.69. The summed E-state index contributed by atoms with van der Waals surface area (Å²) >= 11 is 0. The number of hydrogen-bond acceptors (Lipinski definition) is 6. The summed E-state index contributed by atoms with van der Waals surface area (Å²) in [5.74, 6) is 2.48. The monoisotopic (exact) mass is 312 g/mol. The zero-order valence-electron chi connectivity index (χ0n) is 14.1. The normalized spacial score (nSPS) is 15.3. The van der Waals surface area contributed by atoms with Gasteiger partial charge in [0.1, 0.15) is 24.3 Å². The molecule has 3 heterocycles. The lowest BCUT2D eigenvalue weighted by atomic mass is 10.1. The van der Waals surface area contributed by atoms with Gasteiger partial charge in [-0.2, -0.15) is 0 Å². The first-order chi connectivity index (χ1) is 11.2. The first-order valence-corrected chi connectivity index (χ1v) is 8.30. The van der Waals surface area contributed by atoms with Gasteiger partial charge in [0.2, 0.25) is 0 Å². The van der Waals surface area contributed by atoms with E-state index in [1.807, 2.05) is 0 Å². The second-order valence-electron chi connectivity index (χ2n) is 6.15. The molecule has 0 aliphatic carbocycles. The van der Waals surface area contributed by atoms with E-state index >= 15 is 0 Å². The van der Waals surface area contributed by atoms with Crippen LogP contribution in [0.4, 0.5) is 11.6 Å². The Morgan fingerprint density at radius 2 is 1.43 bits per heavy atom. The van der Waals surface area contributed by atoms with Crippen molar-refractivity contribution in [2.24, 2.45) is 0 Å². The van der Waals surface area contributed by atoms with Gasteiger partial charge in [0.05, 0.1) is 0 Å². The molecule has 0 bridgehead atoms. The Morgan fingerprint density at radius 3 is 2.00 bits per heavy atom. The van der Waals surface area contributed by atoms with Crippen molar-refractivity contribution in [2.75, 3.05) is 36.0 Å². The van der Waals surface area contributed by atoms with Gasteiger partial charge in [-0.25, -0.2) is 19.9 Å². The highest BCUT2D eigenvalue weighted by molar-refractivity contribution is 5.45. The van der Waals surface area contributed by atoms with Crippen LogP contribution in [-0.2, 0) is 6.42 Å². The number of nitrogens with zero attached hydrogens (tertiary/aromatic N) is 6. The molecular weight excluding hydrogens is 288 g/mol. The summed E-state index contributed by atoms with van der Waals surface area (Å²) in [6.07, 6.45) is 4.28. The largest absolute Gasteiger partial charge is 0.353 e. The van der Waals surface area contributed by atoms with Crippen LogP contribution < -0.4 is 9.80 Å². The van der Waals surface area contributed by atoms with Crippen LogP contribution in [0.1, 0.15) is 38.1 Å². The van der Waals surface area contributed by atoms with E-state index in [9.17, 15) is 0 Å². The molecule has 0 unspecified atom stereocenters. The molecule has 122 valence electrons. The molecule has 2 aromatic heterocycles. The Morgan fingerprint density at radius 1 is 0.870 bits per heavy atom. The van der Waals surface area contributed by atoms with Crippen molar-refractivity contribution in [3.8, 4) is 0 Å². The molecule has 0 radical (unpaired) electrons. The average Bonchev–Trinajstić information content (AvgIpc) is 2.62. The molecule has 1 saturated heterocycles. The van der Waals surface area contributed by atoms with Crippen LogP contribution in [0.3, 0.4) is 0 Å². The van der Waals surface area contributed by atoms with Crippen LogP contribution in [0.15, 0.2) is 24.8 Å². The van der Waals surface area contributed by atoms with Crippen LogP contribution in [0.25, 0.3) is 0 Å². The van der Waals surface area contributed by atoms with E-state index in [0.29, 0.717) is 5.92 Å². The standard InChI is InChI=1S/C17H24N6/c1-4-14-9-16(20-11-18-14)22-5-7-23(8-6-22)17-10-15(13(2)3)19-12-21-17/h9-13H,4-8H2,1-3H3. The Bertz CT molecular complexity index is 649. The van der Waals surface area contributed by atoms with Crippen molar-refractivity contribution in [1.29, 1.82) is 0 Å². The highest BCUT2D eigenvalue weighted by atomic mass is 15.3. The minimum atomic E-state index is 0.423. The highest BCUT2D eigenvalue weighted by Gasteiger charge is 2.20. The molecule has 0 N–H and O–H groups in total. The molecule has 3 rings (SSSR count). The first-order valence-electron chi connectivity index (χ1n) is 8.30. The minimum absolute atomic E-state index is 0.423. The van der Waals surface area contributed by atoms with Crippen molar-refractivity contribution in [3.63, 3.8) is 0 Å². The predicted octanol–water partition coefficient (Wildman–Crippen LogP) is 2.28. The molecule has 23 heavy (non-hydrogen) atoms. The summed E-state index contributed by atoms with van der Waals surface area (Å²) in [5.41, 5.74) is 2.19. The molecule has 1 aliphatic heterocycles. The van der Waals surface area contributed by atoms with E-state index in [2.05, 4.69) is 62.6 Å². The molecule has 0 atom stereocenters. The SMILES string of the molecule is CCc1cc(N2CCN(c3cc(C(C)C)ncn3)CC2)ncn1. The number of hydrogen-bond donors (Lipinski definition) is 0. The summed E-state index contributed by atoms with van der Waals surface area (Å²) < 4.78 is 0. The van der Waals surface area contributed by atoms with Crippen molar-refractivity contribution in [2.45, 2.75) is 33.1 Å². The van der Waals surface area contributed by atoms with Gasteiger partial charge in [-0.3, -0.25) is 0 Å². The third-order valence-electron chi connectivity index (χ3n) is 4.26. The Hall–Kier alpha value is -2.24. The molecule has 6 nitrogen and oxygen atoms in total. The molecule has 0 amide bonds. The van der Waals surface area contributed by atoms with Crippen LogP contribution in [0.2, 0.25) is 0 Å². The summed E-state index contributed by atoms with van der Waals surface area (Å²) in [6, 6.07) is 4.21. The summed E-state index contributed by atoms with van der Waals surface area (Å²) in [5, 5.41) is 0. The molecule has 0 saturated carbocycles. The molecule has 0 spiro atoms. The highest BCUT2D eigenvalue weighted by Crippen LogP contribution is 2.20. The molecule has 1 aliphatic rings. The third kappa shape index (κ3) is 3.57. The van der Waals surface area contributed by atoms with Crippen LogP contribution in [0.5, 0.6) is 0 Å². The Labute approximate surface area is 137 Å². The van der Waals surface area contributed by atoms with E-state index in [1.54, 1.807) is 12.7 Å². The lowest BCUT2D eigenvalue weighted by Gasteiger charge is -2.36. The second kappa shape index (κ2) is 6.89. The lowest BCUT2D eigenvalue weighted by molar-refractivity contribution is 0.638. The van der Waals surface area contributed by atoms with Gasteiger partial charge in [-0.05, 0) is 12.3 Å². The van der Waals surface area contributed by atoms with Crippen molar-refractivity contribution in [3.05, 3.63) is 36.2 Å². The average molecular weight is 312 g/mol. The smallest absolute Gasteiger partial charge is 0.132 e. The van der Waals surface area contributed by atoms with Gasteiger partial charge in [-0.1, -0.05) is 20.8 Å².